The zero-order valence-corrected chi connectivity index (χ0v) is 5.66. The van der Waals surface area contributed by atoms with Crippen LogP contribution >= 0.6 is 0 Å². The lowest BCUT2D eigenvalue weighted by Crippen LogP contribution is -1.74. The molecular weight excluding hydrogens is 128 g/mol. The van der Waals surface area contributed by atoms with Crippen molar-refractivity contribution in [2.75, 3.05) is 0 Å². The van der Waals surface area contributed by atoms with Gasteiger partial charge >= 0.3 is 0 Å². The molecule has 0 heterocycles. The van der Waals surface area contributed by atoms with Crippen molar-refractivity contribution in [1.82, 2.24) is 0 Å². The number of rotatable bonds is 0. The van der Waals surface area contributed by atoms with Crippen LogP contribution < -0.4 is 0 Å². The summed E-state index contributed by atoms with van der Waals surface area (Å²) in [6.45, 7) is 3.53. The average molecular weight is 138 g/mol. The molecule has 2 heteroatoms. The van der Waals surface area contributed by atoms with E-state index >= 15 is 0 Å². The van der Waals surface area contributed by atoms with Gasteiger partial charge in [-0.15, -0.1) is 0 Å². The fourth-order valence-corrected chi connectivity index (χ4v) is 0.558. The van der Waals surface area contributed by atoms with E-state index in [0.29, 0.717) is 0 Å². The first-order valence-electron chi connectivity index (χ1n) is 2.90. The summed E-state index contributed by atoms with van der Waals surface area (Å²) in [4.78, 5) is 8.36. The molecule has 0 aromatic carbocycles. The van der Waals surface area contributed by atoms with Crippen LogP contribution in [-0.2, 0) is 4.79 Å². The van der Waals surface area contributed by atoms with Crippen molar-refractivity contribution in [3.63, 3.8) is 0 Å². The van der Waals surface area contributed by atoms with Crippen molar-refractivity contribution in [2.45, 2.75) is 6.42 Å². The lowest BCUT2D eigenvalue weighted by Gasteiger charge is -1.94. The Hall–Kier alpha value is -1.31. The Labute approximate surface area is 60.2 Å². The summed E-state index contributed by atoms with van der Waals surface area (Å²) in [6, 6.07) is 0. The van der Waals surface area contributed by atoms with E-state index in [2.05, 4.69) is 12.7 Å². The van der Waals surface area contributed by atoms with Gasteiger partial charge in [-0.2, -0.15) is 0 Å². The lowest BCUT2D eigenvalue weighted by molar-refractivity contribution is -0.122. The maximum atomic E-state index is 8.36. The minimum atomic E-state index is -0.250. The molecule has 2 nitrogen and oxygen atoms in total. The molecule has 0 unspecified atom stereocenters. The van der Waals surface area contributed by atoms with E-state index in [-0.39, 0.29) is 6.47 Å². The summed E-state index contributed by atoms with van der Waals surface area (Å²) >= 11 is 0. The Morgan fingerprint density at radius 1 is 1.60 bits per heavy atom. The molecule has 0 aromatic heterocycles. The van der Waals surface area contributed by atoms with Gasteiger partial charge in [0.2, 0.25) is 0 Å². The van der Waals surface area contributed by atoms with E-state index in [0.717, 1.165) is 6.42 Å². The van der Waals surface area contributed by atoms with Crippen molar-refractivity contribution in [3.05, 3.63) is 36.5 Å². The molecular formula is C8H10O2. The van der Waals surface area contributed by atoms with Crippen LogP contribution in [0, 0.1) is 0 Å². The molecule has 1 aliphatic rings. The van der Waals surface area contributed by atoms with E-state index in [1.165, 1.54) is 5.57 Å². The molecule has 1 N–H and O–H groups in total. The summed E-state index contributed by atoms with van der Waals surface area (Å²) in [5.74, 6) is 0. The highest BCUT2D eigenvalue weighted by Gasteiger charge is 1.84. The molecule has 0 fully saturated rings. The quantitative estimate of drug-likeness (QED) is 0.518. The highest BCUT2D eigenvalue weighted by atomic mass is 16.3. The second kappa shape index (κ2) is 5.82. The lowest BCUT2D eigenvalue weighted by atomic mass is 10.1. The summed E-state index contributed by atoms with van der Waals surface area (Å²) < 4.78 is 0. The SMILES string of the molecule is C=C1C=CC=CC1.O=CO. The van der Waals surface area contributed by atoms with Crippen LogP contribution in [0.3, 0.4) is 0 Å². The van der Waals surface area contributed by atoms with Crippen molar-refractivity contribution in [1.29, 1.82) is 0 Å². The zero-order valence-electron chi connectivity index (χ0n) is 5.66. The maximum absolute atomic E-state index is 8.36. The molecule has 0 aromatic rings. The van der Waals surface area contributed by atoms with Crippen LogP contribution in [0.5, 0.6) is 0 Å². The van der Waals surface area contributed by atoms with Gasteiger partial charge in [0.25, 0.3) is 6.47 Å². The Bertz CT molecular complexity index is 166. The highest BCUT2D eigenvalue weighted by molar-refractivity contribution is 5.32. The molecule has 0 saturated carbocycles. The third kappa shape index (κ3) is 4.84. The molecule has 54 valence electrons. The Morgan fingerprint density at radius 3 is 2.40 bits per heavy atom. The number of hydrogen-bond acceptors (Lipinski definition) is 1. The largest absolute Gasteiger partial charge is 0.483 e. The maximum Gasteiger partial charge on any atom is 0.290 e. The van der Waals surface area contributed by atoms with E-state index in [1.54, 1.807) is 0 Å². The van der Waals surface area contributed by atoms with Crippen molar-refractivity contribution < 1.29 is 9.90 Å². The Kier molecular flexibility index (Phi) is 5.06. The molecule has 0 bridgehead atoms. The number of hydrogen-bond donors (Lipinski definition) is 1. The number of carbonyl (C=O) groups is 1. The first-order chi connectivity index (χ1) is 4.81. The van der Waals surface area contributed by atoms with Gasteiger partial charge in [-0.3, -0.25) is 4.79 Å². The molecule has 1 aliphatic carbocycles. The van der Waals surface area contributed by atoms with Gasteiger partial charge in [0.1, 0.15) is 0 Å². The van der Waals surface area contributed by atoms with Crippen LogP contribution in [0.2, 0.25) is 0 Å². The van der Waals surface area contributed by atoms with Gasteiger partial charge in [-0.25, -0.2) is 0 Å². The topological polar surface area (TPSA) is 37.3 Å². The predicted molar refractivity (Wildman–Crippen MR) is 40.7 cm³/mol. The molecule has 10 heavy (non-hydrogen) atoms. The van der Waals surface area contributed by atoms with E-state index in [9.17, 15) is 0 Å². The minimum Gasteiger partial charge on any atom is -0.483 e. The summed E-state index contributed by atoms with van der Waals surface area (Å²) in [5, 5.41) is 6.89. The fourth-order valence-electron chi connectivity index (χ4n) is 0.558. The molecule has 0 amide bonds. The molecule has 0 radical (unpaired) electrons. The number of carboxylic acid groups (broad SMARTS) is 1. The van der Waals surface area contributed by atoms with Crippen LogP contribution in [0.4, 0.5) is 0 Å². The second-order valence-corrected chi connectivity index (χ2v) is 1.76. The second-order valence-electron chi connectivity index (χ2n) is 1.76. The molecule has 0 spiro atoms. The first-order valence-corrected chi connectivity index (χ1v) is 2.90. The monoisotopic (exact) mass is 138 g/mol. The molecule has 0 atom stereocenters. The third-order valence-electron chi connectivity index (χ3n) is 0.959. The van der Waals surface area contributed by atoms with E-state index in [4.69, 9.17) is 9.90 Å². The van der Waals surface area contributed by atoms with E-state index < -0.39 is 0 Å². The van der Waals surface area contributed by atoms with Crippen LogP contribution in [-0.4, -0.2) is 11.6 Å². The van der Waals surface area contributed by atoms with Crippen molar-refractivity contribution in [2.24, 2.45) is 0 Å². The van der Waals surface area contributed by atoms with Gasteiger partial charge in [0, 0.05) is 0 Å². The molecule has 1 rings (SSSR count). The fraction of sp³-hybridized carbons (Fsp3) is 0.125. The standard InChI is InChI=1S/C7H8.CH2O2/c1-7-5-3-2-4-6-7;2-1-3/h2-5H,1,6H2;1H,(H,2,3). The normalized spacial score (nSPS) is 13.8. The minimum absolute atomic E-state index is 0.250. The average Bonchev–Trinajstić information content (AvgIpc) is 1.91. The molecule has 0 aliphatic heterocycles. The van der Waals surface area contributed by atoms with E-state index in [1.807, 2.05) is 18.2 Å². The summed E-state index contributed by atoms with van der Waals surface area (Å²) in [6.07, 6.45) is 9.19. The Balaban J connectivity index is 0.000000236. The summed E-state index contributed by atoms with van der Waals surface area (Å²) in [7, 11) is 0. The van der Waals surface area contributed by atoms with Crippen LogP contribution in [0.15, 0.2) is 36.5 Å². The zero-order chi connectivity index (χ0) is 7.82. The van der Waals surface area contributed by atoms with Gasteiger partial charge < -0.3 is 5.11 Å². The summed E-state index contributed by atoms with van der Waals surface area (Å²) in [5.41, 5.74) is 1.20. The van der Waals surface area contributed by atoms with Gasteiger partial charge in [-0.05, 0) is 6.42 Å². The van der Waals surface area contributed by atoms with Gasteiger partial charge in [0.15, 0.2) is 0 Å². The van der Waals surface area contributed by atoms with Crippen LogP contribution in [0.25, 0.3) is 0 Å². The highest BCUT2D eigenvalue weighted by Crippen LogP contribution is 2.05. The number of allylic oxidation sites excluding steroid dienone is 5. The van der Waals surface area contributed by atoms with Crippen molar-refractivity contribution in [3.8, 4) is 0 Å². The van der Waals surface area contributed by atoms with Gasteiger partial charge in [-0.1, -0.05) is 36.5 Å². The predicted octanol–water partition coefficient (Wildman–Crippen LogP) is 1.76. The van der Waals surface area contributed by atoms with Crippen LogP contribution in [0.1, 0.15) is 6.42 Å². The van der Waals surface area contributed by atoms with Gasteiger partial charge in [0.05, 0.1) is 0 Å². The smallest absolute Gasteiger partial charge is 0.290 e. The van der Waals surface area contributed by atoms with Crippen molar-refractivity contribution >= 4 is 6.47 Å². The third-order valence-corrected chi connectivity index (χ3v) is 0.959. The Morgan fingerprint density at radius 2 is 2.20 bits per heavy atom. The molecule has 0 saturated heterocycles. The first kappa shape index (κ1) is 8.69.